The molecular formula is C26H33F3N2O2. The van der Waals surface area contributed by atoms with E-state index in [-0.39, 0.29) is 18.5 Å². The van der Waals surface area contributed by atoms with Gasteiger partial charge < -0.3 is 14.5 Å². The third kappa shape index (κ3) is 7.63. The minimum Gasteiger partial charge on any atom is -0.379 e. The number of nitrogens with zero attached hydrogens (tertiary/aromatic N) is 2. The van der Waals surface area contributed by atoms with Gasteiger partial charge in [-0.15, -0.1) is 0 Å². The van der Waals surface area contributed by atoms with Crippen molar-refractivity contribution in [3.05, 3.63) is 77.6 Å². The van der Waals surface area contributed by atoms with E-state index in [9.17, 15) is 18.0 Å². The van der Waals surface area contributed by atoms with Crippen LogP contribution in [0, 0.1) is 6.92 Å². The minimum absolute atomic E-state index is 0.192. The van der Waals surface area contributed by atoms with E-state index in [1.165, 1.54) is 4.90 Å². The lowest BCUT2D eigenvalue weighted by atomic mass is 10.0. The van der Waals surface area contributed by atoms with Crippen molar-refractivity contribution in [2.24, 2.45) is 0 Å². The molecule has 1 amide bonds. The van der Waals surface area contributed by atoms with Crippen LogP contribution < -0.4 is 4.90 Å². The highest BCUT2D eigenvalue weighted by molar-refractivity contribution is 5.98. The van der Waals surface area contributed by atoms with Crippen LogP contribution in [0.3, 0.4) is 0 Å². The Kier molecular flexibility index (Phi) is 9.53. The smallest absolute Gasteiger partial charge is 0.379 e. The zero-order chi connectivity index (χ0) is 24.6. The second-order valence-corrected chi connectivity index (χ2v) is 8.10. The maximum atomic E-state index is 13.8. The number of allylic oxidation sites excluding steroid dienone is 5. The summed E-state index contributed by atoms with van der Waals surface area (Å²) in [6.45, 7) is 10.1. The van der Waals surface area contributed by atoms with Gasteiger partial charge in [-0.1, -0.05) is 43.0 Å². The molecule has 1 aliphatic carbocycles. The quantitative estimate of drug-likeness (QED) is 0.415. The molecule has 0 aromatic heterocycles. The van der Waals surface area contributed by atoms with Crippen LogP contribution >= 0.6 is 0 Å². The van der Waals surface area contributed by atoms with Crippen LogP contribution in [0.4, 0.5) is 18.9 Å². The molecule has 2 rings (SSSR count). The van der Waals surface area contributed by atoms with Crippen LogP contribution in [0.5, 0.6) is 0 Å². The van der Waals surface area contributed by atoms with E-state index in [0.29, 0.717) is 30.2 Å². The number of alkyl halides is 3. The SMILES string of the molecule is C=C(C)N(C(=O)c1cc(N(C)CCC(F)(F)F)ccc1C)C(COCC)C1=CCC=CC=C1. The Labute approximate surface area is 194 Å². The van der Waals surface area contributed by atoms with Crippen molar-refractivity contribution in [2.75, 3.05) is 31.7 Å². The first kappa shape index (κ1) is 26.5. The Morgan fingerprint density at radius 3 is 2.64 bits per heavy atom. The highest BCUT2D eigenvalue weighted by Gasteiger charge is 2.30. The first-order valence-corrected chi connectivity index (χ1v) is 11.0. The van der Waals surface area contributed by atoms with Crippen molar-refractivity contribution in [1.82, 2.24) is 4.90 Å². The van der Waals surface area contributed by atoms with E-state index >= 15 is 0 Å². The standard InChI is InChI=1S/C26H33F3N2O2/c1-6-33-18-24(21-11-9-7-8-10-12-21)31(19(2)3)25(32)23-17-22(14-13-20(23)4)30(5)16-15-26(27,28)29/h7-9,11-14,17,24H,2,6,10,15-16,18H2,1,3-5H3. The van der Waals surface area contributed by atoms with Gasteiger partial charge in [-0.2, -0.15) is 13.2 Å². The lowest BCUT2D eigenvalue weighted by Crippen LogP contribution is -2.43. The Hall–Kier alpha value is -2.80. The van der Waals surface area contributed by atoms with Crippen molar-refractivity contribution in [3.8, 4) is 0 Å². The minimum atomic E-state index is -4.24. The van der Waals surface area contributed by atoms with Crippen molar-refractivity contribution in [3.63, 3.8) is 0 Å². The molecular weight excluding hydrogens is 429 g/mol. The molecule has 1 aromatic rings. The molecule has 0 fully saturated rings. The van der Waals surface area contributed by atoms with Gasteiger partial charge in [0.2, 0.25) is 0 Å². The normalized spacial score (nSPS) is 14.5. The third-order valence-corrected chi connectivity index (χ3v) is 5.45. The Morgan fingerprint density at radius 1 is 1.27 bits per heavy atom. The Bertz CT molecular complexity index is 932. The zero-order valence-electron chi connectivity index (χ0n) is 19.8. The highest BCUT2D eigenvalue weighted by Crippen LogP contribution is 2.27. The fourth-order valence-electron chi connectivity index (χ4n) is 3.60. The van der Waals surface area contributed by atoms with E-state index in [4.69, 9.17) is 4.74 Å². The van der Waals surface area contributed by atoms with Gasteiger partial charge >= 0.3 is 6.18 Å². The summed E-state index contributed by atoms with van der Waals surface area (Å²) in [4.78, 5) is 16.9. The molecule has 1 aromatic carbocycles. The van der Waals surface area contributed by atoms with Crippen molar-refractivity contribution < 1.29 is 22.7 Å². The average molecular weight is 463 g/mol. The van der Waals surface area contributed by atoms with Gasteiger partial charge in [-0.05, 0) is 50.5 Å². The van der Waals surface area contributed by atoms with Gasteiger partial charge in [0.05, 0.1) is 19.1 Å². The summed E-state index contributed by atoms with van der Waals surface area (Å²) in [5.74, 6) is -0.262. The first-order valence-electron chi connectivity index (χ1n) is 11.0. The number of benzene rings is 1. The molecule has 180 valence electrons. The fraction of sp³-hybridized carbons (Fsp3) is 0.423. The molecule has 33 heavy (non-hydrogen) atoms. The second kappa shape index (κ2) is 11.9. The number of amides is 1. The number of hydrogen-bond acceptors (Lipinski definition) is 3. The summed E-state index contributed by atoms with van der Waals surface area (Å²) < 4.78 is 43.7. The highest BCUT2D eigenvalue weighted by atomic mass is 19.4. The number of halogens is 3. The summed E-state index contributed by atoms with van der Waals surface area (Å²) >= 11 is 0. The number of carbonyl (C=O) groups excluding carboxylic acids is 1. The molecule has 0 radical (unpaired) electrons. The zero-order valence-corrected chi connectivity index (χ0v) is 19.8. The van der Waals surface area contributed by atoms with E-state index in [1.54, 1.807) is 37.1 Å². The first-order chi connectivity index (χ1) is 15.5. The Morgan fingerprint density at radius 2 is 2.00 bits per heavy atom. The maximum Gasteiger partial charge on any atom is 0.390 e. The molecule has 1 atom stereocenters. The van der Waals surface area contributed by atoms with E-state index in [2.05, 4.69) is 12.7 Å². The summed E-state index contributed by atoms with van der Waals surface area (Å²) in [5, 5.41) is 0. The topological polar surface area (TPSA) is 32.8 Å². The van der Waals surface area contributed by atoms with Crippen molar-refractivity contribution in [2.45, 2.75) is 45.8 Å². The van der Waals surface area contributed by atoms with Gasteiger partial charge in [-0.3, -0.25) is 4.79 Å². The summed E-state index contributed by atoms with van der Waals surface area (Å²) in [7, 11) is 1.59. The van der Waals surface area contributed by atoms with E-state index < -0.39 is 12.6 Å². The third-order valence-electron chi connectivity index (χ3n) is 5.45. The predicted molar refractivity (Wildman–Crippen MR) is 127 cm³/mol. The number of aryl methyl sites for hydroxylation is 1. The van der Waals surface area contributed by atoms with Crippen LogP contribution in [-0.2, 0) is 4.74 Å². The number of ether oxygens (including phenoxy) is 1. The molecule has 0 N–H and O–H groups in total. The number of rotatable bonds is 10. The van der Waals surface area contributed by atoms with Gasteiger partial charge in [0.1, 0.15) is 0 Å². The largest absolute Gasteiger partial charge is 0.390 e. The molecule has 0 aliphatic heterocycles. The van der Waals surface area contributed by atoms with Crippen LogP contribution in [0.25, 0.3) is 0 Å². The molecule has 4 nitrogen and oxygen atoms in total. The number of hydrogen-bond donors (Lipinski definition) is 0. The van der Waals surface area contributed by atoms with Crippen LogP contribution in [0.1, 0.15) is 42.6 Å². The molecule has 0 spiro atoms. The van der Waals surface area contributed by atoms with Gasteiger partial charge in [-0.25, -0.2) is 0 Å². The molecule has 0 saturated carbocycles. The molecule has 0 bridgehead atoms. The Balaban J connectivity index is 2.41. The maximum absolute atomic E-state index is 13.8. The average Bonchev–Trinajstić information content (AvgIpc) is 3.03. The van der Waals surface area contributed by atoms with Gasteiger partial charge in [0, 0.05) is 37.1 Å². The summed E-state index contributed by atoms with van der Waals surface area (Å²) in [6, 6.07) is 4.76. The van der Waals surface area contributed by atoms with E-state index in [1.807, 2.05) is 38.2 Å². The summed E-state index contributed by atoms with van der Waals surface area (Å²) in [5.41, 5.74) is 3.22. The van der Waals surface area contributed by atoms with Crippen LogP contribution in [0.2, 0.25) is 0 Å². The molecule has 1 aliphatic rings. The second-order valence-electron chi connectivity index (χ2n) is 8.10. The van der Waals surface area contributed by atoms with Crippen molar-refractivity contribution in [1.29, 1.82) is 0 Å². The molecule has 0 heterocycles. The molecule has 0 saturated heterocycles. The predicted octanol–water partition coefficient (Wildman–Crippen LogP) is 6.21. The number of anilines is 1. The lowest BCUT2D eigenvalue weighted by molar-refractivity contribution is -0.132. The fourth-order valence-corrected chi connectivity index (χ4v) is 3.60. The van der Waals surface area contributed by atoms with Crippen LogP contribution in [-0.4, -0.2) is 49.8 Å². The van der Waals surface area contributed by atoms with Crippen molar-refractivity contribution >= 4 is 11.6 Å². The van der Waals surface area contributed by atoms with Crippen LogP contribution in [0.15, 0.2) is 66.4 Å². The molecule has 1 unspecified atom stereocenters. The molecule has 7 heteroatoms. The monoisotopic (exact) mass is 462 g/mol. The van der Waals surface area contributed by atoms with Gasteiger partial charge in [0.25, 0.3) is 5.91 Å². The lowest BCUT2D eigenvalue weighted by Gasteiger charge is -2.33. The van der Waals surface area contributed by atoms with E-state index in [0.717, 1.165) is 17.6 Å². The summed E-state index contributed by atoms with van der Waals surface area (Å²) in [6.07, 6.45) is 5.50. The number of carbonyl (C=O) groups is 1. The van der Waals surface area contributed by atoms with Gasteiger partial charge in [0.15, 0.2) is 0 Å².